The summed E-state index contributed by atoms with van der Waals surface area (Å²) in [4.78, 5) is 24.8. The number of para-hydroxylation sites is 1. The van der Waals surface area contributed by atoms with Crippen molar-refractivity contribution in [3.8, 4) is 0 Å². The average molecular weight is 310 g/mol. The fourth-order valence-corrected chi connectivity index (χ4v) is 3.04. The van der Waals surface area contributed by atoms with Crippen LogP contribution in [-0.2, 0) is 19.1 Å². The molecular formula is C14H18N2O4S. The molecule has 0 aliphatic carbocycles. The van der Waals surface area contributed by atoms with E-state index in [0.717, 1.165) is 10.6 Å². The lowest BCUT2D eigenvalue weighted by atomic mass is 10.2. The number of benzene rings is 1. The van der Waals surface area contributed by atoms with Crippen LogP contribution in [0.1, 0.15) is 6.42 Å². The van der Waals surface area contributed by atoms with Gasteiger partial charge in [0.05, 0.1) is 17.5 Å². The molecule has 6 nitrogen and oxygen atoms in total. The van der Waals surface area contributed by atoms with Crippen LogP contribution in [0.5, 0.6) is 0 Å². The number of carbonyl (C=O) groups is 2. The second-order valence-electron chi connectivity index (χ2n) is 4.50. The van der Waals surface area contributed by atoms with Crippen LogP contribution in [0.3, 0.4) is 0 Å². The molecule has 1 aromatic carbocycles. The van der Waals surface area contributed by atoms with Crippen molar-refractivity contribution in [2.75, 3.05) is 26.1 Å². The molecule has 0 bridgehead atoms. The van der Waals surface area contributed by atoms with E-state index in [9.17, 15) is 9.59 Å². The largest absolute Gasteiger partial charge is 0.354 e. The van der Waals surface area contributed by atoms with E-state index in [-0.39, 0.29) is 24.8 Å². The molecule has 1 unspecified atom stereocenters. The van der Waals surface area contributed by atoms with E-state index in [1.807, 2.05) is 24.3 Å². The van der Waals surface area contributed by atoms with Crippen molar-refractivity contribution < 1.29 is 19.1 Å². The third kappa shape index (κ3) is 4.20. The Morgan fingerprint density at radius 3 is 2.81 bits per heavy atom. The van der Waals surface area contributed by atoms with Gasteiger partial charge in [0.15, 0.2) is 6.29 Å². The second-order valence-corrected chi connectivity index (χ2v) is 5.75. The van der Waals surface area contributed by atoms with Crippen LogP contribution in [0.4, 0.5) is 5.69 Å². The second kappa shape index (κ2) is 7.44. The SMILES string of the molecule is COC(CNC(=O)CC1Sc2ccccc2NC1=O)OC. The molecule has 0 saturated carbocycles. The molecule has 0 fully saturated rings. The van der Waals surface area contributed by atoms with Gasteiger partial charge in [-0.15, -0.1) is 11.8 Å². The molecule has 0 spiro atoms. The Morgan fingerprint density at radius 1 is 1.38 bits per heavy atom. The monoisotopic (exact) mass is 310 g/mol. The van der Waals surface area contributed by atoms with E-state index in [2.05, 4.69) is 10.6 Å². The average Bonchev–Trinajstić information content (AvgIpc) is 2.49. The van der Waals surface area contributed by atoms with E-state index in [1.165, 1.54) is 26.0 Å². The van der Waals surface area contributed by atoms with Crippen molar-refractivity contribution in [1.82, 2.24) is 5.32 Å². The van der Waals surface area contributed by atoms with Crippen LogP contribution in [-0.4, -0.2) is 44.1 Å². The lowest BCUT2D eigenvalue weighted by molar-refractivity contribution is -0.128. The zero-order valence-electron chi connectivity index (χ0n) is 11.9. The molecule has 114 valence electrons. The van der Waals surface area contributed by atoms with Gasteiger partial charge in [0.1, 0.15) is 0 Å². The van der Waals surface area contributed by atoms with Crippen LogP contribution < -0.4 is 10.6 Å². The van der Waals surface area contributed by atoms with Gasteiger partial charge in [-0.3, -0.25) is 9.59 Å². The van der Waals surface area contributed by atoms with Crippen LogP contribution >= 0.6 is 11.8 Å². The predicted octanol–water partition coefficient (Wildman–Crippen LogP) is 1.22. The summed E-state index contributed by atoms with van der Waals surface area (Å²) in [5.74, 6) is -0.356. The van der Waals surface area contributed by atoms with Gasteiger partial charge in [-0.25, -0.2) is 0 Å². The van der Waals surface area contributed by atoms with Gasteiger partial charge in [0, 0.05) is 25.5 Å². The van der Waals surface area contributed by atoms with Crippen molar-refractivity contribution in [2.45, 2.75) is 22.9 Å². The first-order valence-corrected chi connectivity index (χ1v) is 7.41. The smallest absolute Gasteiger partial charge is 0.238 e. The highest BCUT2D eigenvalue weighted by molar-refractivity contribution is 8.01. The molecular weight excluding hydrogens is 292 g/mol. The Bertz CT molecular complexity index is 519. The molecule has 1 aromatic rings. The Kier molecular flexibility index (Phi) is 5.60. The summed E-state index contributed by atoms with van der Waals surface area (Å²) in [6, 6.07) is 7.54. The van der Waals surface area contributed by atoms with E-state index in [1.54, 1.807) is 0 Å². The number of ether oxygens (including phenoxy) is 2. The summed E-state index contributed by atoms with van der Waals surface area (Å²) in [6.45, 7) is 0.251. The van der Waals surface area contributed by atoms with Crippen molar-refractivity contribution >= 4 is 29.3 Å². The van der Waals surface area contributed by atoms with Crippen molar-refractivity contribution in [1.29, 1.82) is 0 Å². The maximum Gasteiger partial charge on any atom is 0.238 e. The van der Waals surface area contributed by atoms with Crippen molar-refractivity contribution in [3.63, 3.8) is 0 Å². The lowest BCUT2D eigenvalue weighted by Crippen LogP contribution is -2.38. The summed E-state index contributed by atoms with van der Waals surface area (Å²) < 4.78 is 9.97. The lowest BCUT2D eigenvalue weighted by Gasteiger charge is -2.23. The first-order chi connectivity index (χ1) is 10.1. The number of hydrogen-bond acceptors (Lipinski definition) is 5. The minimum Gasteiger partial charge on any atom is -0.354 e. The highest BCUT2D eigenvalue weighted by Gasteiger charge is 2.28. The van der Waals surface area contributed by atoms with Gasteiger partial charge in [-0.1, -0.05) is 12.1 Å². The third-order valence-corrected chi connectivity index (χ3v) is 4.34. The molecule has 0 radical (unpaired) electrons. The standard InChI is InChI=1S/C14H18N2O4S/c1-19-13(20-2)8-15-12(17)7-11-14(18)16-9-5-3-4-6-10(9)21-11/h3-6,11,13H,7-8H2,1-2H3,(H,15,17)(H,16,18). The summed E-state index contributed by atoms with van der Waals surface area (Å²) in [7, 11) is 3.00. The number of fused-ring (bicyclic) bond motifs is 1. The van der Waals surface area contributed by atoms with E-state index in [4.69, 9.17) is 9.47 Å². The molecule has 2 amide bonds. The molecule has 7 heteroatoms. The van der Waals surface area contributed by atoms with Gasteiger partial charge in [0.2, 0.25) is 11.8 Å². The van der Waals surface area contributed by atoms with Crippen molar-refractivity contribution in [2.24, 2.45) is 0 Å². The normalized spacial score (nSPS) is 17.3. The quantitative estimate of drug-likeness (QED) is 0.773. The fourth-order valence-electron chi connectivity index (χ4n) is 1.93. The summed E-state index contributed by atoms with van der Waals surface area (Å²) in [5.41, 5.74) is 0.794. The highest BCUT2D eigenvalue weighted by Crippen LogP contribution is 2.36. The molecule has 21 heavy (non-hydrogen) atoms. The van der Waals surface area contributed by atoms with E-state index >= 15 is 0 Å². The molecule has 1 aliphatic rings. The van der Waals surface area contributed by atoms with Crippen LogP contribution in [0.2, 0.25) is 0 Å². The molecule has 1 aliphatic heterocycles. The van der Waals surface area contributed by atoms with Gasteiger partial charge in [-0.2, -0.15) is 0 Å². The highest BCUT2D eigenvalue weighted by atomic mass is 32.2. The number of methoxy groups -OCH3 is 2. The maximum absolute atomic E-state index is 12.0. The minimum absolute atomic E-state index is 0.116. The Balaban J connectivity index is 1.88. The van der Waals surface area contributed by atoms with E-state index < -0.39 is 11.5 Å². The maximum atomic E-state index is 12.0. The van der Waals surface area contributed by atoms with Gasteiger partial charge in [-0.05, 0) is 12.1 Å². The number of amides is 2. The topological polar surface area (TPSA) is 76.7 Å². The van der Waals surface area contributed by atoms with Crippen LogP contribution in [0.25, 0.3) is 0 Å². The predicted molar refractivity (Wildman–Crippen MR) is 80.1 cm³/mol. The Hall–Kier alpha value is -1.57. The number of carbonyl (C=O) groups excluding carboxylic acids is 2. The molecule has 1 heterocycles. The van der Waals surface area contributed by atoms with E-state index in [0.29, 0.717) is 0 Å². The third-order valence-electron chi connectivity index (χ3n) is 3.07. The number of rotatable bonds is 6. The summed E-state index contributed by atoms with van der Waals surface area (Å²) >= 11 is 1.40. The van der Waals surface area contributed by atoms with Gasteiger partial charge in [0.25, 0.3) is 0 Å². The molecule has 0 aromatic heterocycles. The number of nitrogens with one attached hydrogen (secondary N) is 2. The van der Waals surface area contributed by atoms with Crippen molar-refractivity contribution in [3.05, 3.63) is 24.3 Å². The zero-order chi connectivity index (χ0) is 15.2. The van der Waals surface area contributed by atoms with Gasteiger partial charge < -0.3 is 20.1 Å². The van der Waals surface area contributed by atoms with Crippen LogP contribution in [0, 0.1) is 0 Å². The first kappa shape index (κ1) is 15.8. The zero-order valence-corrected chi connectivity index (χ0v) is 12.7. The number of thioether (sulfide) groups is 1. The van der Waals surface area contributed by atoms with Gasteiger partial charge >= 0.3 is 0 Å². The van der Waals surface area contributed by atoms with Crippen LogP contribution in [0.15, 0.2) is 29.2 Å². The molecule has 2 N–H and O–H groups in total. The summed E-state index contributed by atoms with van der Waals surface area (Å²) in [5, 5.41) is 5.08. The first-order valence-electron chi connectivity index (χ1n) is 6.53. The minimum atomic E-state index is -0.484. The Morgan fingerprint density at radius 2 is 2.10 bits per heavy atom. The Labute approximate surface area is 127 Å². The summed E-state index contributed by atoms with van der Waals surface area (Å²) in [6.07, 6.45) is -0.368. The number of anilines is 1. The molecule has 1 atom stereocenters. The fraction of sp³-hybridized carbons (Fsp3) is 0.429. The molecule has 2 rings (SSSR count). The molecule has 0 saturated heterocycles. The number of hydrogen-bond donors (Lipinski definition) is 2.